The minimum Gasteiger partial charge on any atom is -0.481 e. The van der Waals surface area contributed by atoms with Gasteiger partial charge in [0.25, 0.3) is 0 Å². The number of aliphatic carboxylic acids is 1. The van der Waals surface area contributed by atoms with Gasteiger partial charge >= 0.3 is 5.97 Å². The van der Waals surface area contributed by atoms with Crippen LogP contribution in [0.5, 0.6) is 0 Å². The van der Waals surface area contributed by atoms with Crippen LogP contribution in [0.3, 0.4) is 0 Å². The molecule has 0 aliphatic rings. The highest BCUT2D eigenvalue weighted by atomic mass is 32.1. The van der Waals surface area contributed by atoms with E-state index in [1.807, 2.05) is 19.9 Å². The molecule has 4 nitrogen and oxygen atoms in total. The third kappa shape index (κ3) is 2.51. The molecule has 100 valence electrons. The summed E-state index contributed by atoms with van der Waals surface area (Å²) in [5.41, 5.74) is 2.57. The van der Waals surface area contributed by atoms with E-state index in [1.54, 1.807) is 25.4 Å². The van der Waals surface area contributed by atoms with Crippen molar-refractivity contribution >= 4 is 17.3 Å². The molecule has 0 aliphatic heterocycles. The quantitative estimate of drug-likeness (QED) is 0.935. The summed E-state index contributed by atoms with van der Waals surface area (Å²) in [6.07, 6.45) is 1.80. The lowest BCUT2D eigenvalue weighted by atomic mass is 9.90. The highest BCUT2D eigenvalue weighted by molar-refractivity contribution is 7.13. The summed E-state index contributed by atoms with van der Waals surface area (Å²) >= 11 is 1.43. The summed E-state index contributed by atoms with van der Waals surface area (Å²) in [4.78, 5) is 20.1. The van der Waals surface area contributed by atoms with Crippen LogP contribution >= 0.6 is 11.3 Å². The van der Waals surface area contributed by atoms with Crippen LogP contribution in [-0.4, -0.2) is 21.0 Å². The highest BCUT2D eigenvalue weighted by Crippen LogP contribution is 2.30. The fraction of sp³-hybridized carbons (Fsp3) is 0.357. The van der Waals surface area contributed by atoms with Gasteiger partial charge in [0.2, 0.25) is 0 Å². The molecule has 0 bridgehead atoms. The van der Waals surface area contributed by atoms with Gasteiger partial charge < -0.3 is 5.11 Å². The Morgan fingerprint density at radius 1 is 1.37 bits per heavy atom. The van der Waals surface area contributed by atoms with E-state index in [4.69, 9.17) is 0 Å². The van der Waals surface area contributed by atoms with Crippen molar-refractivity contribution in [3.05, 3.63) is 34.5 Å². The first-order valence-corrected chi connectivity index (χ1v) is 6.83. The Morgan fingerprint density at radius 3 is 2.63 bits per heavy atom. The van der Waals surface area contributed by atoms with Crippen LogP contribution in [0.2, 0.25) is 0 Å². The summed E-state index contributed by atoms with van der Waals surface area (Å²) < 4.78 is 0. The van der Waals surface area contributed by atoms with Crippen molar-refractivity contribution in [2.45, 2.75) is 33.1 Å². The summed E-state index contributed by atoms with van der Waals surface area (Å²) in [6, 6.07) is 2.05. The Kier molecular flexibility index (Phi) is 3.41. The number of rotatable bonds is 3. The molecule has 0 saturated heterocycles. The minimum atomic E-state index is -0.979. The molecule has 0 aromatic carbocycles. The average molecular weight is 276 g/mol. The first-order chi connectivity index (χ1) is 8.82. The van der Waals surface area contributed by atoms with Crippen molar-refractivity contribution in [3.63, 3.8) is 0 Å². The Balaban J connectivity index is 2.44. The SMILES string of the molecule is Cc1cnc(-c2nc(C(C)(C)C(=O)O)cs2)c(C)c1. The van der Waals surface area contributed by atoms with Gasteiger partial charge in [-0.25, -0.2) is 4.98 Å². The second kappa shape index (κ2) is 4.74. The monoisotopic (exact) mass is 276 g/mol. The maximum absolute atomic E-state index is 11.2. The number of pyridine rings is 1. The number of thiazole rings is 1. The fourth-order valence-electron chi connectivity index (χ4n) is 1.72. The van der Waals surface area contributed by atoms with E-state index in [0.717, 1.165) is 21.8 Å². The van der Waals surface area contributed by atoms with E-state index < -0.39 is 11.4 Å². The van der Waals surface area contributed by atoms with E-state index in [0.29, 0.717) is 5.69 Å². The van der Waals surface area contributed by atoms with Crippen LogP contribution in [0.25, 0.3) is 10.7 Å². The number of nitrogens with zero attached hydrogens (tertiary/aromatic N) is 2. The lowest BCUT2D eigenvalue weighted by molar-refractivity contribution is -0.142. The van der Waals surface area contributed by atoms with E-state index in [-0.39, 0.29) is 0 Å². The molecule has 1 N–H and O–H groups in total. The molecule has 0 radical (unpaired) electrons. The molecule has 0 unspecified atom stereocenters. The molecule has 0 aliphatic carbocycles. The number of carboxylic acid groups (broad SMARTS) is 1. The third-order valence-corrected chi connectivity index (χ3v) is 3.95. The van der Waals surface area contributed by atoms with Gasteiger partial charge in [-0.1, -0.05) is 6.07 Å². The van der Waals surface area contributed by atoms with Gasteiger partial charge in [-0.2, -0.15) is 0 Å². The molecule has 0 saturated carbocycles. The minimum absolute atomic E-state index is 0.571. The van der Waals surface area contributed by atoms with Crippen molar-refractivity contribution in [2.24, 2.45) is 0 Å². The molecule has 0 atom stereocenters. The summed E-state index contributed by atoms with van der Waals surface area (Å²) in [7, 11) is 0. The topological polar surface area (TPSA) is 63.1 Å². The van der Waals surface area contributed by atoms with Crippen molar-refractivity contribution in [1.82, 2.24) is 9.97 Å². The van der Waals surface area contributed by atoms with Crippen LogP contribution < -0.4 is 0 Å². The first-order valence-electron chi connectivity index (χ1n) is 5.95. The highest BCUT2D eigenvalue weighted by Gasteiger charge is 2.32. The first kappa shape index (κ1) is 13.7. The Hall–Kier alpha value is -1.75. The van der Waals surface area contributed by atoms with E-state index >= 15 is 0 Å². The van der Waals surface area contributed by atoms with E-state index in [9.17, 15) is 9.90 Å². The van der Waals surface area contributed by atoms with Gasteiger partial charge in [-0.05, 0) is 38.8 Å². The van der Waals surface area contributed by atoms with E-state index in [2.05, 4.69) is 9.97 Å². The zero-order valence-corrected chi connectivity index (χ0v) is 12.2. The average Bonchev–Trinajstić information content (AvgIpc) is 2.78. The molecule has 2 aromatic heterocycles. The molecule has 5 heteroatoms. The van der Waals surface area contributed by atoms with Crippen LogP contribution in [-0.2, 0) is 10.2 Å². The fourth-order valence-corrected chi connectivity index (χ4v) is 2.77. The molecule has 19 heavy (non-hydrogen) atoms. The summed E-state index contributed by atoms with van der Waals surface area (Å²) in [5.74, 6) is -0.877. The number of aromatic nitrogens is 2. The van der Waals surface area contributed by atoms with Crippen molar-refractivity contribution in [2.75, 3.05) is 0 Å². The van der Waals surface area contributed by atoms with Crippen molar-refractivity contribution < 1.29 is 9.90 Å². The Bertz CT molecular complexity index is 632. The van der Waals surface area contributed by atoms with Crippen LogP contribution in [0.15, 0.2) is 17.6 Å². The normalized spacial score (nSPS) is 11.6. The smallest absolute Gasteiger partial charge is 0.315 e. The molecule has 0 amide bonds. The second-order valence-electron chi connectivity index (χ2n) is 5.15. The predicted molar refractivity (Wildman–Crippen MR) is 75.5 cm³/mol. The van der Waals surface area contributed by atoms with Gasteiger partial charge in [-0.15, -0.1) is 11.3 Å². The molecule has 2 aromatic rings. The zero-order chi connectivity index (χ0) is 14.2. The Labute approximate surface area is 116 Å². The maximum Gasteiger partial charge on any atom is 0.315 e. The molecule has 0 spiro atoms. The number of carboxylic acids is 1. The predicted octanol–water partition coefficient (Wildman–Crippen LogP) is 3.18. The number of carbonyl (C=O) groups is 1. The van der Waals surface area contributed by atoms with Crippen LogP contribution in [0.1, 0.15) is 30.7 Å². The van der Waals surface area contributed by atoms with Gasteiger partial charge in [0.15, 0.2) is 0 Å². The van der Waals surface area contributed by atoms with Gasteiger partial charge in [0, 0.05) is 11.6 Å². The van der Waals surface area contributed by atoms with E-state index in [1.165, 1.54) is 11.3 Å². The van der Waals surface area contributed by atoms with Gasteiger partial charge in [-0.3, -0.25) is 9.78 Å². The Morgan fingerprint density at radius 2 is 2.05 bits per heavy atom. The zero-order valence-electron chi connectivity index (χ0n) is 11.4. The molecule has 2 heterocycles. The molecular formula is C14H16N2O2S. The summed E-state index contributed by atoms with van der Waals surface area (Å²) in [5, 5.41) is 11.8. The molecule has 0 fully saturated rings. The lowest BCUT2D eigenvalue weighted by Crippen LogP contribution is -2.28. The lowest BCUT2D eigenvalue weighted by Gasteiger charge is -2.15. The third-order valence-electron chi connectivity index (χ3n) is 3.10. The van der Waals surface area contributed by atoms with Crippen LogP contribution in [0.4, 0.5) is 0 Å². The van der Waals surface area contributed by atoms with Crippen molar-refractivity contribution in [1.29, 1.82) is 0 Å². The number of hydrogen-bond acceptors (Lipinski definition) is 4. The largest absolute Gasteiger partial charge is 0.481 e. The standard InChI is InChI=1S/C14H16N2O2S/c1-8-5-9(2)11(15-6-8)12-16-10(7-19-12)14(3,4)13(17)18/h5-7H,1-4H3,(H,17,18). The molecule has 2 rings (SSSR count). The van der Waals surface area contributed by atoms with Gasteiger partial charge in [0.05, 0.1) is 5.69 Å². The van der Waals surface area contributed by atoms with Gasteiger partial charge in [0.1, 0.15) is 16.1 Å². The number of aryl methyl sites for hydroxylation is 2. The number of hydrogen-bond donors (Lipinski definition) is 1. The maximum atomic E-state index is 11.2. The van der Waals surface area contributed by atoms with Crippen LogP contribution in [0, 0.1) is 13.8 Å². The van der Waals surface area contributed by atoms with Crippen molar-refractivity contribution in [3.8, 4) is 10.7 Å². The summed E-state index contributed by atoms with van der Waals surface area (Å²) in [6.45, 7) is 7.29. The second-order valence-corrected chi connectivity index (χ2v) is 6.00. The molecular weight excluding hydrogens is 260 g/mol.